The molecule has 138 valence electrons. The molecule has 0 aromatic heterocycles. The second kappa shape index (κ2) is 8.02. The molecule has 2 heterocycles. The number of carbonyl (C=O) groups is 1. The van der Waals surface area contributed by atoms with Gasteiger partial charge in [0.2, 0.25) is 0 Å². The molecular weight excluding hydrogens is 341 g/mol. The summed E-state index contributed by atoms with van der Waals surface area (Å²) in [6.07, 6.45) is 2.04. The van der Waals surface area contributed by atoms with Gasteiger partial charge in [0.1, 0.15) is 5.82 Å². The number of likely N-dealkylation sites (N-methyl/N-ethyl adjacent to an activating group) is 1. The lowest BCUT2D eigenvalue weighted by Crippen LogP contribution is -2.52. The molecule has 25 heavy (non-hydrogen) atoms. The van der Waals surface area contributed by atoms with Gasteiger partial charge in [-0.3, -0.25) is 9.69 Å². The number of piperidine rings is 1. The summed E-state index contributed by atoms with van der Waals surface area (Å²) in [5, 5.41) is 0.00410. The molecule has 2 aliphatic heterocycles. The Kier molecular flexibility index (Phi) is 5.97. The number of hydrogen-bond donors (Lipinski definition) is 0. The molecule has 3 rings (SSSR count). The Labute approximate surface area is 154 Å². The molecule has 0 spiro atoms. The number of nitrogens with zero attached hydrogens (tertiary/aromatic N) is 3. The van der Waals surface area contributed by atoms with Crippen LogP contribution in [0.2, 0.25) is 5.02 Å². The lowest BCUT2D eigenvalue weighted by Gasteiger charge is -2.42. The predicted octanol–water partition coefficient (Wildman–Crippen LogP) is 2.97. The minimum atomic E-state index is -0.488. The molecule has 2 aliphatic rings. The Morgan fingerprint density at radius 2 is 1.80 bits per heavy atom. The standard InChI is InChI=1S/C19H27ClFN3O/c1-14(23-11-9-22(2)10-12-23)15-5-7-24(8-6-15)19(25)16-3-4-18(21)17(20)13-16/h3-4,13-15H,5-12H2,1-2H3/t14-/m1/s1. The van der Waals surface area contributed by atoms with Gasteiger partial charge in [-0.25, -0.2) is 4.39 Å². The molecule has 1 aromatic rings. The summed E-state index contributed by atoms with van der Waals surface area (Å²) in [4.78, 5) is 19.4. The summed E-state index contributed by atoms with van der Waals surface area (Å²) < 4.78 is 13.3. The quantitative estimate of drug-likeness (QED) is 0.821. The Bertz CT molecular complexity index is 611. The minimum absolute atomic E-state index is 0.00410. The zero-order chi connectivity index (χ0) is 18.0. The Hall–Kier alpha value is -1.17. The molecular formula is C19H27ClFN3O. The van der Waals surface area contributed by atoms with E-state index in [0.29, 0.717) is 17.5 Å². The first-order valence-electron chi connectivity index (χ1n) is 9.12. The number of benzene rings is 1. The highest BCUT2D eigenvalue weighted by Crippen LogP contribution is 2.26. The van der Waals surface area contributed by atoms with E-state index >= 15 is 0 Å². The zero-order valence-corrected chi connectivity index (χ0v) is 15.8. The summed E-state index contributed by atoms with van der Waals surface area (Å²) >= 11 is 5.80. The van der Waals surface area contributed by atoms with E-state index in [9.17, 15) is 9.18 Å². The summed E-state index contributed by atoms with van der Waals surface area (Å²) in [5.41, 5.74) is 0.469. The van der Waals surface area contributed by atoms with Gasteiger partial charge in [-0.2, -0.15) is 0 Å². The van der Waals surface area contributed by atoms with Crippen molar-refractivity contribution in [2.75, 3.05) is 46.3 Å². The molecule has 0 N–H and O–H groups in total. The number of amides is 1. The normalized spacial score (nSPS) is 22.2. The van der Waals surface area contributed by atoms with Crippen molar-refractivity contribution in [1.29, 1.82) is 0 Å². The molecule has 0 aliphatic carbocycles. The van der Waals surface area contributed by atoms with Crippen LogP contribution in [0, 0.1) is 11.7 Å². The van der Waals surface area contributed by atoms with E-state index in [1.54, 1.807) is 0 Å². The van der Waals surface area contributed by atoms with Gasteiger partial charge in [-0.15, -0.1) is 0 Å². The molecule has 2 saturated heterocycles. The average Bonchev–Trinajstić information content (AvgIpc) is 2.63. The summed E-state index contributed by atoms with van der Waals surface area (Å²) in [6, 6.07) is 4.77. The van der Waals surface area contributed by atoms with Crippen LogP contribution >= 0.6 is 11.6 Å². The molecule has 6 heteroatoms. The lowest BCUT2D eigenvalue weighted by atomic mass is 9.88. The van der Waals surface area contributed by atoms with E-state index in [4.69, 9.17) is 11.6 Å². The van der Waals surface area contributed by atoms with Gasteiger partial charge in [0.15, 0.2) is 0 Å². The number of likely N-dealkylation sites (tertiary alicyclic amines) is 1. The summed E-state index contributed by atoms with van der Waals surface area (Å²) in [6.45, 7) is 8.37. The maximum atomic E-state index is 13.3. The van der Waals surface area contributed by atoms with Gasteiger partial charge in [0, 0.05) is 50.9 Å². The third-order valence-electron chi connectivity index (χ3n) is 5.79. The summed E-state index contributed by atoms with van der Waals surface area (Å²) in [7, 11) is 2.17. The van der Waals surface area contributed by atoms with Crippen LogP contribution in [-0.2, 0) is 0 Å². The maximum absolute atomic E-state index is 13.3. The molecule has 4 nitrogen and oxygen atoms in total. The van der Waals surface area contributed by atoms with Crippen molar-refractivity contribution < 1.29 is 9.18 Å². The highest BCUT2D eigenvalue weighted by Gasteiger charge is 2.30. The van der Waals surface area contributed by atoms with Crippen LogP contribution in [0.3, 0.4) is 0 Å². The van der Waals surface area contributed by atoms with Crippen molar-refractivity contribution in [2.24, 2.45) is 5.92 Å². The minimum Gasteiger partial charge on any atom is -0.339 e. The SMILES string of the molecule is C[C@H](C1CCN(C(=O)c2ccc(F)c(Cl)c2)CC1)N1CCN(C)CC1. The Morgan fingerprint density at radius 1 is 1.16 bits per heavy atom. The number of hydrogen-bond acceptors (Lipinski definition) is 3. The molecule has 0 bridgehead atoms. The van der Waals surface area contributed by atoms with Crippen molar-refractivity contribution in [3.8, 4) is 0 Å². The molecule has 0 unspecified atom stereocenters. The van der Waals surface area contributed by atoms with Crippen molar-refractivity contribution in [3.63, 3.8) is 0 Å². The van der Waals surface area contributed by atoms with E-state index in [-0.39, 0.29) is 10.9 Å². The smallest absolute Gasteiger partial charge is 0.253 e. The second-order valence-electron chi connectivity index (χ2n) is 7.34. The van der Waals surface area contributed by atoms with Gasteiger partial charge < -0.3 is 9.80 Å². The van der Waals surface area contributed by atoms with E-state index in [1.165, 1.54) is 18.2 Å². The van der Waals surface area contributed by atoms with Gasteiger partial charge in [-0.05, 0) is 50.9 Å². The molecule has 1 atom stereocenters. The third kappa shape index (κ3) is 4.33. The number of carbonyl (C=O) groups excluding carboxylic acids is 1. The van der Waals surface area contributed by atoms with Gasteiger partial charge in [-0.1, -0.05) is 11.6 Å². The first-order valence-corrected chi connectivity index (χ1v) is 9.50. The van der Waals surface area contributed by atoms with E-state index < -0.39 is 5.82 Å². The topological polar surface area (TPSA) is 26.8 Å². The van der Waals surface area contributed by atoms with Gasteiger partial charge in [0.05, 0.1) is 5.02 Å². The highest BCUT2D eigenvalue weighted by molar-refractivity contribution is 6.31. The number of piperazine rings is 1. The van der Waals surface area contributed by atoms with Crippen LogP contribution in [0.1, 0.15) is 30.1 Å². The molecule has 1 amide bonds. The van der Waals surface area contributed by atoms with Crippen molar-refractivity contribution in [1.82, 2.24) is 14.7 Å². The van der Waals surface area contributed by atoms with Crippen molar-refractivity contribution >= 4 is 17.5 Å². The predicted molar refractivity (Wildman–Crippen MR) is 98.6 cm³/mol. The van der Waals surface area contributed by atoms with Gasteiger partial charge in [0.25, 0.3) is 5.91 Å². The lowest BCUT2D eigenvalue weighted by molar-refractivity contribution is 0.0500. The fraction of sp³-hybridized carbons (Fsp3) is 0.632. The van der Waals surface area contributed by atoms with Crippen LogP contribution in [-0.4, -0.2) is 73.0 Å². The van der Waals surface area contributed by atoms with Crippen LogP contribution in [0.25, 0.3) is 0 Å². The van der Waals surface area contributed by atoms with Crippen LogP contribution in [0.15, 0.2) is 18.2 Å². The second-order valence-corrected chi connectivity index (χ2v) is 7.75. The summed E-state index contributed by atoms with van der Waals surface area (Å²) in [5.74, 6) is 0.0924. The van der Waals surface area contributed by atoms with Crippen LogP contribution < -0.4 is 0 Å². The van der Waals surface area contributed by atoms with E-state index in [2.05, 4.69) is 23.8 Å². The zero-order valence-electron chi connectivity index (χ0n) is 15.0. The van der Waals surface area contributed by atoms with Crippen LogP contribution in [0.4, 0.5) is 4.39 Å². The van der Waals surface area contributed by atoms with Crippen molar-refractivity contribution in [3.05, 3.63) is 34.6 Å². The van der Waals surface area contributed by atoms with E-state index in [0.717, 1.165) is 52.1 Å². The molecule has 0 radical (unpaired) electrons. The number of halogens is 2. The Morgan fingerprint density at radius 3 is 2.40 bits per heavy atom. The monoisotopic (exact) mass is 367 g/mol. The molecule has 2 fully saturated rings. The van der Waals surface area contributed by atoms with Crippen molar-refractivity contribution in [2.45, 2.75) is 25.8 Å². The Balaban J connectivity index is 1.54. The fourth-order valence-electron chi connectivity index (χ4n) is 3.92. The first kappa shape index (κ1) is 18.6. The van der Waals surface area contributed by atoms with Crippen LogP contribution in [0.5, 0.6) is 0 Å². The third-order valence-corrected chi connectivity index (χ3v) is 6.08. The fourth-order valence-corrected chi connectivity index (χ4v) is 4.10. The first-order chi connectivity index (χ1) is 12.0. The van der Waals surface area contributed by atoms with E-state index in [1.807, 2.05) is 4.90 Å². The largest absolute Gasteiger partial charge is 0.339 e. The molecule has 1 aromatic carbocycles. The number of rotatable bonds is 3. The average molecular weight is 368 g/mol. The molecule has 0 saturated carbocycles. The maximum Gasteiger partial charge on any atom is 0.253 e. The highest BCUT2D eigenvalue weighted by atomic mass is 35.5. The van der Waals surface area contributed by atoms with Gasteiger partial charge >= 0.3 is 0 Å².